The standard InChI is InChI=1S/C18H17Cl2FN2O/c19-14-4-5-17(16(20)12-14)22-6-8-23(9-7-22)18(24)11-13-2-1-3-15(21)10-13/h1-5,10,12H,6-9,11H2. The summed E-state index contributed by atoms with van der Waals surface area (Å²) in [5, 5.41) is 1.22. The van der Waals surface area contributed by atoms with E-state index in [-0.39, 0.29) is 18.1 Å². The summed E-state index contributed by atoms with van der Waals surface area (Å²) in [6.07, 6.45) is 0.222. The SMILES string of the molecule is O=C(Cc1cccc(F)c1)N1CCN(c2ccc(Cl)cc2Cl)CC1. The lowest BCUT2D eigenvalue weighted by molar-refractivity contribution is -0.130. The maximum Gasteiger partial charge on any atom is 0.227 e. The first-order valence-corrected chi connectivity index (χ1v) is 8.51. The predicted octanol–water partition coefficient (Wildman–Crippen LogP) is 4.02. The zero-order valence-electron chi connectivity index (χ0n) is 13.0. The Morgan fingerprint density at radius 1 is 1.04 bits per heavy atom. The highest BCUT2D eigenvalue weighted by Crippen LogP contribution is 2.29. The van der Waals surface area contributed by atoms with E-state index >= 15 is 0 Å². The smallest absolute Gasteiger partial charge is 0.227 e. The van der Waals surface area contributed by atoms with Crippen molar-refractivity contribution in [3.63, 3.8) is 0 Å². The number of anilines is 1. The van der Waals surface area contributed by atoms with Crippen molar-refractivity contribution in [2.24, 2.45) is 0 Å². The number of piperazine rings is 1. The lowest BCUT2D eigenvalue weighted by Gasteiger charge is -2.36. The first-order valence-electron chi connectivity index (χ1n) is 7.75. The molecule has 3 rings (SSSR count). The summed E-state index contributed by atoms with van der Waals surface area (Å²) in [7, 11) is 0. The minimum Gasteiger partial charge on any atom is -0.367 e. The fraction of sp³-hybridized carbons (Fsp3) is 0.278. The van der Waals surface area contributed by atoms with E-state index in [1.54, 1.807) is 18.2 Å². The first-order chi connectivity index (χ1) is 11.5. The van der Waals surface area contributed by atoms with Crippen LogP contribution in [0.2, 0.25) is 10.0 Å². The maximum atomic E-state index is 13.2. The van der Waals surface area contributed by atoms with E-state index in [2.05, 4.69) is 4.90 Å². The van der Waals surface area contributed by atoms with Gasteiger partial charge >= 0.3 is 0 Å². The van der Waals surface area contributed by atoms with Gasteiger partial charge in [0.15, 0.2) is 0 Å². The van der Waals surface area contributed by atoms with E-state index in [9.17, 15) is 9.18 Å². The Hall–Kier alpha value is -1.78. The summed E-state index contributed by atoms with van der Waals surface area (Å²) in [5.74, 6) is -0.301. The largest absolute Gasteiger partial charge is 0.367 e. The summed E-state index contributed by atoms with van der Waals surface area (Å²) in [4.78, 5) is 16.3. The van der Waals surface area contributed by atoms with Gasteiger partial charge in [-0.25, -0.2) is 4.39 Å². The molecule has 1 fully saturated rings. The molecule has 24 heavy (non-hydrogen) atoms. The molecule has 1 heterocycles. The molecule has 0 N–H and O–H groups in total. The Labute approximate surface area is 150 Å². The van der Waals surface area contributed by atoms with E-state index < -0.39 is 0 Å². The van der Waals surface area contributed by atoms with Gasteiger partial charge in [0.25, 0.3) is 0 Å². The Kier molecular flexibility index (Phi) is 5.27. The minimum atomic E-state index is -0.317. The number of nitrogens with zero attached hydrogens (tertiary/aromatic N) is 2. The van der Waals surface area contributed by atoms with E-state index in [4.69, 9.17) is 23.2 Å². The van der Waals surface area contributed by atoms with Crippen LogP contribution < -0.4 is 4.90 Å². The zero-order chi connectivity index (χ0) is 17.1. The number of hydrogen-bond acceptors (Lipinski definition) is 2. The Morgan fingerprint density at radius 3 is 2.46 bits per heavy atom. The highest BCUT2D eigenvalue weighted by atomic mass is 35.5. The quantitative estimate of drug-likeness (QED) is 0.818. The maximum absolute atomic E-state index is 13.2. The summed E-state index contributed by atoms with van der Waals surface area (Å²) in [6.45, 7) is 2.65. The number of carbonyl (C=O) groups excluding carboxylic acids is 1. The molecule has 6 heteroatoms. The van der Waals surface area contributed by atoms with Gasteiger partial charge in [-0.05, 0) is 35.9 Å². The predicted molar refractivity (Wildman–Crippen MR) is 95.4 cm³/mol. The van der Waals surface area contributed by atoms with E-state index in [0.29, 0.717) is 41.8 Å². The summed E-state index contributed by atoms with van der Waals surface area (Å²) >= 11 is 12.2. The molecule has 0 unspecified atom stereocenters. The third kappa shape index (κ3) is 4.00. The molecule has 1 aliphatic rings. The summed E-state index contributed by atoms with van der Waals surface area (Å²) in [5.41, 5.74) is 1.63. The van der Waals surface area contributed by atoms with Crippen LogP contribution in [0.1, 0.15) is 5.56 Å². The topological polar surface area (TPSA) is 23.6 Å². The third-order valence-electron chi connectivity index (χ3n) is 4.13. The highest BCUT2D eigenvalue weighted by Gasteiger charge is 2.22. The fourth-order valence-electron chi connectivity index (χ4n) is 2.87. The average molecular weight is 367 g/mol. The second-order valence-electron chi connectivity index (χ2n) is 5.77. The molecule has 1 saturated heterocycles. The van der Waals surface area contributed by atoms with E-state index in [1.165, 1.54) is 12.1 Å². The first kappa shape index (κ1) is 17.1. The second kappa shape index (κ2) is 7.41. The van der Waals surface area contributed by atoms with Crippen molar-refractivity contribution in [2.45, 2.75) is 6.42 Å². The molecule has 1 aliphatic heterocycles. The molecule has 0 bridgehead atoms. The molecular weight excluding hydrogens is 350 g/mol. The average Bonchev–Trinajstić information content (AvgIpc) is 2.55. The fourth-order valence-corrected chi connectivity index (χ4v) is 3.40. The monoisotopic (exact) mass is 366 g/mol. The Balaban J connectivity index is 1.59. The normalized spacial score (nSPS) is 14.8. The van der Waals surface area contributed by atoms with Crippen LogP contribution in [0.15, 0.2) is 42.5 Å². The molecule has 0 aromatic heterocycles. The Morgan fingerprint density at radius 2 is 1.79 bits per heavy atom. The molecule has 126 valence electrons. The van der Waals surface area contributed by atoms with Gasteiger partial charge in [-0.3, -0.25) is 4.79 Å². The van der Waals surface area contributed by atoms with Crippen LogP contribution in [0.25, 0.3) is 0 Å². The molecule has 3 nitrogen and oxygen atoms in total. The van der Waals surface area contributed by atoms with Crippen LogP contribution >= 0.6 is 23.2 Å². The molecule has 1 amide bonds. The summed E-state index contributed by atoms with van der Waals surface area (Å²) < 4.78 is 13.2. The van der Waals surface area contributed by atoms with Crippen molar-refractivity contribution in [3.05, 3.63) is 63.9 Å². The van der Waals surface area contributed by atoms with Crippen molar-refractivity contribution in [1.82, 2.24) is 4.90 Å². The van der Waals surface area contributed by atoms with Crippen LogP contribution in [-0.2, 0) is 11.2 Å². The van der Waals surface area contributed by atoms with Crippen molar-refractivity contribution in [1.29, 1.82) is 0 Å². The molecule has 0 atom stereocenters. The van der Waals surface area contributed by atoms with Gasteiger partial charge in [0.05, 0.1) is 17.1 Å². The number of amides is 1. The van der Waals surface area contributed by atoms with Gasteiger partial charge in [0.2, 0.25) is 5.91 Å². The zero-order valence-corrected chi connectivity index (χ0v) is 14.5. The molecule has 0 saturated carbocycles. The molecular formula is C18H17Cl2FN2O. The van der Waals surface area contributed by atoms with Gasteiger partial charge in [-0.2, -0.15) is 0 Å². The van der Waals surface area contributed by atoms with Gasteiger partial charge < -0.3 is 9.80 Å². The second-order valence-corrected chi connectivity index (χ2v) is 6.61. The van der Waals surface area contributed by atoms with Gasteiger partial charge in [-0.1, -0.05) is 35.3 Å². The Bertz CT molecular complexity index is 746. The van der Waals surface area contributed by atoms with Crippen molar-refractivity contribution < 1.29 is 9.18 Å². The molecule has 0 aliphatic carbocycles. The van der Waals surface area contributed by atoms with Crippen molar-refractivity contribution in [2.75, 3.05) is 31.1 Å². The van der Waals surface area contributed by atoms with Crippen molar-refractivity contribution in [3.8, 4) is 0 Å². The van der Waals surface area contributed by atoms with Crippen molar-refractivity contribution >= 4 is 34.8 Å². The molecule has 2 aromatic rings. The number of rotatable bonds is 3. The lowest BCUT2D eigenvalue weighted by atomic mass is 10.1. The van der Waals surface area contributed by atoms with Gasteiger partial charge in [0, 0.05) is 31.2 Å². The van der Waals surface area contributed by atoms with Crippen LogP contribution in [-0.4, -0.2) is 37.0 Å². The van der Waals surface area contributed by atoms with Crippen LogP contribution in [0.5, 0.6) is 0 Å². The van der Waals surface area contributed by atoms with Crippen LogP contribution in [0, 0.1) is 5.82 Å². The highest BCUT2D eigenvalue weighted by molar-refractivity contribution is 6.36. The van der Waals surface area contributed by atoms with Gasteiger partial charge in [0.1, 0.15) is 5.82 Å². The summed E-state index contributed by atoms with van der Waals surface area (Å²) in [6, 6.07) is 11.6. The van der Waals surface area contributed by atoms with Gasteiger partial charge in [-0.15, -0.1) is 0 Å². The lowest BCUT2D eigenvalue weighted by Crippen LogP contribution is -2.49. The minimum absolute atomic E-state index is 0.0162. The van der Waals surface area contributed by atoms with E-state index in [1.807, 2.05) is 17.0 Å². The molecule has 0 radical (unpaired) electrons. The third-order valence-corrected chi connectivity index (χ3v) is 4.67. The number of hydrogen-bond donors (Lipinski definition) is 0. The number of carbonyl (C=O) groups is 1. The van der Waals surface area contributed by atoms with Crippen LogP contribution in [0.3, 0.4) is 0 Å². The van der Waals surface area contributed by atoms with Crippen LogP contribution in [0.4, 0.5) is 10.1 Å². The molecule has 2 aromatic carbocycles. The number of halogens is 3. The molecule has 0 spiro atoms. The number of benzene rings is 2. The van der Waals surface area contributed by atoms with E-state index in [0.717, 1.165) is 5.69 Å².